The number of hydrogen-bond donors (Lipinski definition) is 6. The van der Waals surface area contributed by atoms with Crippen LogP contribution >= 0.6 is 11.3 Å². The van der Waals surface area contributed by atoms with Crippen LogP contribution in [0.5, 0.6) is 11.5 Å². The van der Waals surface area contributed by atoms with Gasteiger partial charge in [0.05, 0.1) is 59.5 Å². The maximum absolute atomic E-state index is 14.6. The number of thiophene rings is 1. The number of hydrogen-bond acceptors (Lipinski definition) is 9. The van der Waals surface area contributed by atoms with E-state index in [9.17, 15) is 18.8 Å². The van der Waals surface area contributed by atoms with Crippen molar-refractivity contribution >= 4 is 111 Å². The standard InChI is InChI=1S/C23H16FN3OS.C22H19N3O2.C20H17N3O2/c24-20-12-17(25-21(28)13-18-6-3-9-29-18)11-19-22(26-27-23(19)20)16-8-7-14-4-1-2-5-15(14)10-16;1-27-21-18(23-22(26)14-7-8-14)11-10-17-19(21)20(25-24-17)16-9-6-13-4-2-3-5-15(13)12-16;1-12(24)21-17-10-9-16-18(20(17)25-2)19(23-22-16)15-8-7-13-5-3-4-6-14(13)11-15/h1-12H,13H2,(H,25,28)(H,26,27);2-6,9-12,14H,7-8H2,1H3,(H,23,26)(H,24,25);3-11H,1-2H3,(H,21,24)(H,22,23). The van der Waals surface area contributed by atoms with Crippen molar-refractivity contribution in [3.05, 3.63) is 192 Å². The van der Waals surface area contributed by atoms with Crippen LogP contribution < -0.4 is 25.4 Å². The van der Waals surface area contributed by atoms with E-state index in [1.807, 2.05) is 115 Å². The molecular weight excluding hydrogens is 1040 g/mol. The van der Waals surface area contributed by atoms with Gasteiger partial charge in [-0.1, -0.05) is 115 Å². The van der Waals surface area contributed by atoms with Crippen molar-refractivity contribution in [2.24, 2.45) is 5.92 Å². The average Bonchev–Trinajstić information content (AvgIpc) is 3.80. The van der Waals surface area contributed by atoms with Gasteiger partial charge < -0.3 is 25.4 Å². The Labute approximate surface area is 467 Å². The predicted octanol–water partition coefficient (Wildman–Crippen LogP) is 14.9. The van der Waals surface area contributed by atoms with Gasteiger partial charge >= 0.3 is 0 Å². The fraction of sp³-hybridized carbons (Fsp3) is 0.108. The Balaban J connectivity index is 0.000000121. The lowest BCUT2D eigenvalue weighted by Gasteiger charge is -2.12. The number of rotatable bonds is 11. The zero-order valence-corrected chi connectivity index (χ0v) is 45.0. The summed E-state index contributed by atoms with van der Waals surface area (Å²) in [6.45, 7) is 1.48. The third kappa shape index (κ3) is 10.7. The number of halogens is 1. The first kappa shape index (κ1) is 51.6. The molecule has 6 N–H and O–H groups in total. The van der Waals surface area contributed by atoms with Crippen LogP contribution in [0.2, 0.25) is 0 Å². The molecule has 14 nitrogen and oxygen atoms in total. The number of carbonyl (C=O) groups excluding carboxylic acids is 3. The Bertz CT molecular complexity index is 4530. The summed E-state index contributed by atoms with van der Waals surface area (Å²) < 4.78 is 25.9. The van der Waals surface area contributed by atoms with Crippen LogP contribution in [0.25, 0.3) is 98.8 Å². The minimum Gasteiger partial charge on any atom is -0.494 e. The number of aromatic nitrogens is 6. The number of ether oxygens (including phenoxy) is 2. The molecule has 16 heteroatoms. The topological polar surface area (TPSA) is 192 Å². The van der Waals surface area contributed by atoms with Crippen molar-refractivity contribution in [2.75, 3.05) is 30.2 Å². The van der Waals surface area contributed by atoms with E-state index in [0.29, 0.717) is 33.9 Å². The van der Waals surface area contributed by atoms with E-state index in [-0.39, 0.29) is 35.6 Å². The summed E-state index contributed by atoms with van der Waals surface area (Å²) in [7, 11) is 3.22. The number of anilines is 3. The summed E-state index contributed by atoms with van der Waals surface area (Å²) in [5.41, 5.74) is 8.95. The molecule has 0 radical (unpaired) electrons. The third-order valence-electron chi connectivity index (χ3n) is 14.2. The summed E-state index contributed by atoms with van der Waals surface area (Å²) in [5, 5.41) is 42.0. The van der Waals surface area contributed by atoms with Crippen molar-refractivity contribution < 1.29 is 28.2 Å². The van der Waals surface area contributed by atoms with Crippen molar-refractivity contribution in [3.8, 4) is 45.3 Å². The molecule has 400 valence electrons. The minimum absolute atomic E-state index is 0.0587. The summed E-state index contributed by atoms with van der Waals surface area (Å²) in [6, 6.07) is 57.4. The van der Waals surface area contributed by atoms with Crippen molar-refractivity contribution in [2.45, 2.75) is 26.2 Å². The van der Waals surface area contributed by atoms with Crippen LogP contribution in [0.15, 0.2) is 181 Å². The van der Waals surface area contributed by atoms with E-state index in [1.54, 1.807) is 20.3 Å². The van der Waals surface area contributed by atoms with Crippen molar-refractivity contribution in [1.82, 2.24) is 30.6 Å². The normalized spacial score (nSPS) is 12.0. The maximum atomic E-state index is 14.6. The molecule has 1 aliphatic carbocycles. The van der Waals surface area contributed by atoms with Crippen LogP contribution in [-0.4, -0.2) is 62.5 Å². The fourth-order valence-electron chi connectivity index (χ4n) is 10.1. The lowest BCUT2D eigenvalue weighted by Crippen LogP contribution is -2.14. The van der Waals surface area contributed by atoms with Crippen LogP contribution in [0, 0.1) is 11.7 Å². The lowest BCUT2D eigenvalue weighted by atomic mass is 10.0. The smallest absolute Gasteiger partial charge is 0.229 e. The molecule has 3 amide bonds. The van der Waals surface area contributed by atoms with Gasteiger partial charge in [-0.3, -0.25) is 29.7 Å². The highest BCUT2D eigenvalue weighted by Gasteiger charge is 2.31. The molecule has 1 saturated carbocycles. The van der Waals surface area contributed by atoms with E-state index in [0.717, 1.165) is 94.8 Å². The van der Waals surface area contributed by atoms with Crippen molar-refractivity contribution in [3.63, 3.8) is 0 Å². The van der Waals surface area contributed by atoms with Gasteiger partial charge in [0, 0.05) is 45.5 Å². The monoisotopic (exact) mass is 1090 g/mol. The van der Waals surface area contributed by atoms with Crippen molar-refractivity contribution in [1.29, 1.82) is 0 Å². The predicted molar refractivity (Wildman–Crippen MR) is 322 cm³/mol. The highest BCUT2D eigenvalue weighted by molar-refractivity contribution is 7.10. The van der Waals surface area contributed by atoms with Gasteiger partial charge in [-0.2, -0.15) is 15.3 Å². The molecule has 81 heavy (non-hydrogen) atoms. The average molecular weight is 1090 g/mol. The van der Waals surface area contributed by atoms with E-state index >= 15 is 0 Å². The molecule has 0 atom stereocenters. The molecule has 0 spiro atoms. The summed E-state index contributed by atoms with van der Waals surface area (Å²) in [4.78, 5) is 37.0. The van der Waals surface area contributed by atoms with E-state index in [4.69, 9.17) is 9.47 Å². The number of fused-ring (bicyclic) bond motifs is 6. The van der Waals surface area contributed by atoms with Gasteiger partial charge in [0.25, 0.3) is 0 Å². The molecule has 0 bridgehead atoms. The number of benzene rings is 9. The molecule has 0 aliphatic heterocycles. The SMILES string of the molecule is COc1c(NC(=O)C2CC2)ccc2[nH]nc(-c3ccc4ccccc4c3)c12.COc1c(NC(C)=O)ccc2[nH]nc(-c3ccc4ccccc4c3)c12.O=C(Cc1cccs1)Nc1cc(F)c2n[nH]c(-c3ccc4ccccc4c3)c2c1. The quantitative estimate of drug-likeness (QED) is 0.0737. The van der Waals surface area contributed by atoms with Crippen LogP contribution in [0.3, 0.4) is 0 Å². The Hall–Kier alpha value is -10.2. The highest BCUT2D eigenvalue weighted by Crippen LogP contribution is 2.42. The summed E-state index contributed by atoms with van der Waals surface area (Å²) in [6.07, 6.45) is 2.19. The number of nitrogens with zero attached hydrogens (tertiary/aromatic N) is 3. The zero-order chi connectivity index (χ0) is 55.6. The number of nitrogens with one attached hydrogen (secondary N) is 6. The molecule has 1 fully saturated rings. The summed E-state index contributed by atoms with van der Waals surface area (Å²) in [5.74, 6) is 0.633. The van der Waals surface area contributed by atoms with Crippen LogP contribution in [0.1, 0.15) is 24.6 Å². The van der Waals surface area contributed by atoms with E-state index in [2.05, 4.69) is 101 Å². The molecule has 13 aromatic rings. The second-order valence-electron chi connectivity index (χ2n) is 19.7. The molecular formula is C65H52FN9O5S. The van der Waals surface area contributed by atoms with Gasteiger partial charge in [-0.05, 0) is 111 Å². The molecule has 9 aromatic carbocycles. The number of methoxy groups -OCH3 is 2. The second kappa shape index (κ2) is 22.3. The molecule has 4 heterocycles. The Kier molecular flexibility index (Phi) is 14.2. The minimum atomic E-state index is -0.475. The van der Waals surface area contributed by atoms with Gasteiger partial charge in [-0.15, -0.1) is 11.3 Å². The first-order chi connectivity index (χ1) is 39.6. The maximum Gasteiger partial charge on any atom is 0.229 e. The second-order valence-corrected chi connectivity index (χ2v) is 20.7. The fourth-order valence-corrected chi connectivity index (χ4v) is 10.8. The van der Waals surface area contributed by atoms with E-state index < -0.39 is 5.82 Å². The molecule has 1 aliphatic rings. The highest BCUT2D eigenvalue weighted by atomic mass is 32.1. The Morgan fingerprint density at radius 3 is 1.59 bits per heavy atom. The summed E-state index contributed by atoms with van der Waals surface area (Å²) >= 11 is 1.52. The lowest BCUT2D eigenvalue weighted by molar-refractivity contribution is -0.117. The van der Waals surface area contributed by atoms with Crippen LogP contribution in [0.4, 0.5) is 21.5 Å². The van der Waals surface area contributed by atoms with Gasteiger partial charge in [0.15, 0.2) is 17.3 Å². The number of H-pyrrole nitrogens is 3. The van der Waals surface area contributed by atoms with Gasteiger partial charge in [0.1, 0.15) is 16.9 Å². The molecule has 4 aromatic heterocycles. The van der Waals surface area contributed by atoms with Gasteiger partial charge in [0.2, 0.25) is 17.7 Å². The number of carbonyl (C=O) groups is 3. The Morgan fingerprint density at radius 1 is 0.568 bits per heavy atom. The van der Waals surface area contributed by atoms with E-state index in [1.165, 1.54) is 35.1 Å². The molecule has 14 rings (SSSR count). The number of amides is 3. The molecule has 0 unspecified atom stereocenters. The third-order valence-corrected chi connectivity index (χ3v) is 15.1. The number of aromatic amines is 3. The largest absolute Gasteiger partial charge is 0.494 e. The van der Waals surface area contributed by atoms with Crippen LogP contribution in [-0.2, 0) is 20.8 Å². The van der Waals surface area contributed by atoms with Gasteiger partial charge in [-0.25, -0.2) is 4.39 Å². The first-order valence-electron chi connectivity index (χ1n) is 26.2. The first-order valence-corrected chi connectivity index (χ1v) is 27.1. The molecule has 0 saturated heterocycles. The Morgan fingerprint density at radius 2 is 1.09 bits per heavy atom. The zero-order valence-electron chi connectivity index (χ0n) is 44.2.